The fourth-order valence-corrected chi connectivity index (χ4v) is 4.46. The highest BCUT2D eigenvalue weighted by Crippen LogP contribution is 2.30. The van der Waals surface area contributed by atoms with Crippen molar-refractivity contribution in [3.05, 3.63) is 35.6 Å². The predicted octanol–water partition coefficient (Wildman–Crippen LogP) is 3.80. The molecule has 1 aliphatic rings. The van der Waals surface area contributed by atoms with Crippen LogP contribution in [0.15, 0.2) is 29.9 Å². The molecule has 26 heavy (non-hydrogen) atoms. The summed E-state index contributed by atoms with van der Waals surface area (Å²) in [5, 5.41) is 5.29. The standard InChI is InChI=1S/C19H20N6S/c20-17-7-14-15-6-12(8-22-18(15)24-16(14)9-21-17)19-23-13(11-26-19)10-25-4-2-1-3-5-25/h6-9,11H,1-5,10H2,(H2,20,21)(H,22,24). The van der Waals surface area contributed by atoms with Gasteiger partial charge in [-0.05, 0) is 38.1 Å². The monoisotopic (exact) mass is 364 g/mol. The van der Waals surface area contributed by atoms with E-state index in [0.29, 0.717) is 5.82 Å². The van der Waals surface area contributed by atoms with Crippen LogP contribution in [-0.2, 0) is 6.54 Å². The average Bonchev–Trinajstić information content (AvgIpc) is 3.26. The molecule has 0 bridgehead atoms. The number of H-pyrrole nitrogens is 1. The first-order valence-electron chi connectivity index (χ1n) is 8.96. The molecule has 7 heteroatoms. The van der Waals surface area contributed by atoms with Crippen molar-refractivity contribution in [1.82, 2.24) is 24.8 Å². The number of nitrogen functional groups attached to an aromatic ring is 1. The molecule has 3 N–H and O–H groups in total. The van der Waals surface area contributed by atoms with Crippen LogP contribution in [0.3, 0.4) is 0 Å². The Morgan fingerprint density at radius 3 is 2.85 bits per heavy atom. The van der Waals surface area contributed by atoms with E-state index in [2.05, 4.69) is 31.3 Å². The van der Waals surface area contributed by atoms with Gasteiger partial charge in [0.25, 0.3) is 0 Å². The lowest BCUT2D eigenvalue weighted by Crippen LogP contribution is -2.29. The summed E-state index contributed by atoms with van der Waals surface area (Å²) < 4.78 is 0. The number of hydrogen-bond donors (Lipinski definition) is 2. The van der Waals surface area contributed by atoms with Crippen LogP contribution in [0.4, 0.5) is 5.82 Å². The Morgan fingerprint density at radius 1 is 1.08 bits per heavy atom. The maximum absolute atomic E-state index is 5.86. The first-order chi connectivity index (χ1) is 12.8. The molecule has 6 nitrogen and oxygen atoms in total. The summed E-state index contributed by atoms with van der Waals surface area (Å²) in [5.41, 5.74) is 9.85. The molecule has 0 spiro atoms. The molecule has 5 rings (SSSR count). The summed E-state index contributed by atoms with van der Waals surface area (Å²) in [7, 11) is 0. The molecule has 1 aliphatic heterocycles. The van der Waals surface area contributed by atoms with Gasteiger partial charge in [-0.25, -0.2) is 15.0 Å². The second kappa shape index (κ2) is 6.34. The molecule has 5 heterocycles. The van der Waals surface area contributed by atoms with Crippen LogP contribution in [0.1, 0.15) is 25.0 Å². The molecule has 4 aromatic heterocycles. The van der Waals surface area contributed by atoms with E-state index in [1.807, 2.05) is 12.3 Å². The van der Waals surface area contributed by atoms with Crippen molar-refractivity contribution in [2.45, 2.75) is 25.8 Å². The first-order valence-corrected chi connectivity index (χ1v) is 9.84. The number of aromatic amines is 1. The molecular formula is C19H20N6S. The molecule has 4 aromatic rings. The number of nitrogens with zero attached hydrogens (tertiary/aromatic N) is 4. The van der Waals surface area contributed by atoms with Crippen molar-refractivity contribution in [2.75, 3.05) is 18.8 Å². The molecule has 0 aromatic carbocycles. The number of nitrogens with two attached hydrogens (primary N) is 1. The quantitative estimate of drug-likeness (QED) is 0.578. The minimum absolute atomic E-state index is 0.516. The Kier molecular flexibility index (Phi) is 3.83. The lowest BCUT2D eigenvalue weighted by atomic mass is 10.1. The first kappa shape index (κ1) is 15.7. The minimum Gasteiger partial charge on any atom is -0.384 e. The third-order valence-corrected chi connectivity index (χ3v) is 5.93. The molecule has 1 saturated heterocycles. The Hall–Kier alpha value is -2.51. The zero-order chi connectivity index (χ0) is 17.5. The van der Waals surface area contributed by atoms with Gasteiger partial charge in [0, 0.05) is 34.5 Å². The number of piperidine rings is 1. The van der Waals surface area contributed by atoms with Gasteiger partial charge in [-0.15, -0.1) is 11.3 Å². The van der Waals surface area contributed by atoms with Crippen LogP contribution in [0, 0.1) is 0 Å². The van der Waals surface area contributed by atoms with Crippen LogP contribution in [-0.4, -0.2) is 37.9 Å². The number of thiazole rings is 1. The molecule has 1 fully saturated rings. The normalized spacial score (nSPS) is 15.8. The van der Waals surface area contributed by atoms with Crippen molar-refractivity contribution in [3.63, 3.8) is 0 Å². The molecule has 132 valence electrons. The third kappa shape index (κ3) is 2.83. The molecule has 0 amide bonds. The Balaban J connectivity index is 1.48. The van der Waals surface area contributed by atoms with E-state index in [9.17, 15) is 0 Å². The van der Waals surface area contributed by atoms with Gasteiger partial charge in [0.15, 0.2) is 0 Å². The smallest absolute Gasteiger partial charge is 0.138 e. The summed E-state index contributed by atoms with van der Waals surface area (Å²) in [6.45, 7) is 3.32. The van der Waals surface area contributed by atoms with Crippen molar-refractivity contribution >= 4 is 39.1 Å². The van der Waals surface area contributed by atoms with Crippen LogP contribution >= 0.6 is 11.3 Å². The fraction of sp³-hybridized carbons (Fsp3) is 0.316. The van der Waals surface area contributed by atoms with Crippen molar-refractivity contribution < 1.29 is 0 Å². The fourth-order valence-electron chi connectivity index (χ4n) is 3.67. The van der Waals surface area contributed by atoms with Gasteiger partial charge in [-0.3, -0.25) is 4.90 Å². The zero-order valence-electron chi connectivity index (χ0n) is 14.4. The molecule has 0 radical (unpaired) electrons. The van der Waals surface area contributed by atoms with E-state index < -0.39 is 0 Å². The van der Waals surface area contributed by atoms with Gasteiger partial charge in [0.05, 0.1) is 17.4 Å². The molecule has 0 unspecified atom stereocenters. The van der Waals surface area contributed by atoms with E-state index in [1.54, 1.807) is 17.5 Å². The number of nitrogens with one attached hydrogen (secondary N) is 1. The maximum Gasteiger partial charge on any atom is 0.138 e. The van der Waals surface area contributed by atoms with Crippen LogP contribution in [0.2, 0.25) is 0 Å². The van der Waals surface area contributed by atoms with Crippen molar-refractivity contribution in [1.29, 1.82) is 0 Å². The van der Waals surface area contributed by atoms with Gasteiger partial charge in [-0.1, -0.05) is 6.42 Å². The van der Waals surface area contributed by atoms with Crippen LogP contribution < -0.4 is 5.73 Å². The second-order valence-corrected chi connectivity index (χ2v) is 7.74. The van der Waals surface area contributed by atoms with Gasteiger partial charge in [0.2, 0.25) is 0 Å². The summed E-state index contributed by atoms with van der Waals surface area (Å²) >= 11 is 1.69. The van der Waals surface area contributed by atoms with Crippen molar-refractivity contribution in [3.8, 4) is 10.6 Å². The molecule has 0 saturated carbocycles. The summed E-state index contributed by atoms with van der Waals surface area (Å²) in [5.74, 6) is 0.516. The molecular weight excluding hydrogens is 344 g/mol. The maximum atomic E-state index is 5.86. The van der Waals surface area contributed by atoms with Crippen molar-refractivity contribution in [2.24, 2.45) is 0 Å². The largest absolute Gasteiger partial charge is 0.384 e. The third-order valence-electron chi connectivity index (χ3n) is 4.99. The van der Waals surface area contributed by atoms with E-state index in [4.69, 9.17) is 10.7 Å². The van der Waals surface area contributed by atoms with E-state index >= 15 is 0 Å². The summed E-state index contributed by atoms with van der Waals surface area (Å²) in [4.78, 5) is 19.4. The van der Waals surface area contributed by atoms with E-state index in [-0.39, 0.29) is 0 Å². The highest BCUT2D eigenvalue weighted by molar-refractivity contribution is 7.13. The van der Waals surface area contributed by atoms with E-state index in [1.165, 1.54) is 32.4 Å². The SMILES string of the molecule is Nc1cc2c(cn1)[nH]c1ncc(-c3nc(CN4CCCCC4)cs3)cc12. The van der Waals surface area contributed by atoms with E-state index in [0.717, 1.165) is 44.7 Å². The number of rotatable bonds is 3. The highest BCUT2D eigenvalue weighted by Gasteiger charge is 2.14. The topological polar surface area (TPSA) is 83.7 Å². The van der Waals surface area contributed by atoms with Gasteiger partial charge in [-0.2, -0.15) is 0 Å². The van der Waals surface area contributed by atoms with Gasteiger partial charge >= 0.3 is 0 Å². The number of aromatic nitrogens is 4. The Morgan fingerprint density at radius 2 is 1.96 bits per heavy atom. The van der Waals surface area contributed by atoms with Gasteiger partial charge in [0.1, 0.15) is 16.5 Å². The minimum atomic E-state index is 0.516. The zero-order valence-corrected chi connectivity index (χ0v) is 15.2. The molecule has 0 aliphatic carbocycles. The summed E-state index contributed by atoms with van der Waals surface area (Å²) in [6, 6.07) is 4.04. The number of hydrogen-bond acceptors (Lipinski definition) is 6. The average molecular weight is 364 g/mol. The number of anilines is 1. The highest BCUT2D eigenvalue weighted by atomic mass is 32.1. The Bertz CT molecular complexity index is 1080. The predicted molar refractivity (Wildman–Crippen MR) is 106 cm³/mol. The summed E-state index contributed by atoms with van der Waals surface area (Å²) in [6.07, 6.45) is 7.60. The Labute approximate surface area is 155 Å². The van der Waals surface area contributed by atoms with Gasteiger partial charge < -0.3 is 10.7 Å². The van der Waals surface area contributed by atoms with Crippen LogP contribution in [0.5, 0.6) is 0 Å². The van der Waals surface area contributed by atoms with Crippen LogP contribution in [0.25, 0.3) is 32.5 Å². The second-order valence-electron chi connectivity index (χ2n) is 6.88. The lowest BCUT2D eigenvalue weighted by Gasteiger charge is -2.25. The lowest BCUT2D eigenvalue weighted by molar-refractivity contribution is 0.219. The number of fused-ring (bicyclic) bond motifs is 3. The number of likely N-dealkylation sites (tertiary alicyclic amines) is 1. The molecule has 0 atom stereocenters. The number of pyridine rings is 2.